The summed E-state index contributed by atoms with van der Waals surface area (Å²) in [6.07, 6.45) is 1.56. The summed E-state index contributed by atoms with van der Waals surface area (Å²) in [5.74, 6) is 1.19. The highest BCUT2D eigenvalue weighted by Gasteiger charge is 2.28. The molecule has 10 heteroatoms. The number of guanidine groups is 1. The number of hydrogen-bond acceptors (Lipinski definition) is 5. The first-order valence-corrected chi connectivity index (χ1v) is 10.6. The highest BCUT2D eigenvalue weighted by atomic mass is 127. The van der Waals surface area contributed by atoms with Crippen LogP contribution in [0.2, 0.25) is 0 Å². The van der Waals surface area contributed by atoms with Gasteiger partial charge >= 0.3 is 12.2 Å². The van der Waals surface area contributed by atoms with Crippen LogP contribution in [0.4, 0.5) is 9.59 Å². The fraction of sp³-hybridized carbons (Fsp3) is 0.850. The number of carbonyl (C=O) groups is 2. The van der Waals surface area contributed by atoms with E-state index in [9.17, 15) is 9.59 Å². The predicted octanol–water partition coefficient (Wildman–Crippen LogP) is 2.60. The Bertz CT molecular complexity index is 588. The topological polar surface area (TPSA) is 86.7 Å². The fourth-order valence-electron chi connectivity index (χ4n) is 3.61. The minimum atomic E-state index is -0.476. The van der Waals surface area contributed by atoms with Crippen LogP contribution >= 0.6 is 24.0 Å². The van der Waals surface area contributed by atoms with Gasteiger partial charge in [-0.2, -0.15) is 0 Å². The number of carbonyl (C=O) groups excluding carboxylic acids is 2. The SMILES string of the molecule is CCOC(=O)N1CCN(C(=NC)NCC2CCCN(C(=O)OC(C)(C)C)C2)CC1.I. The molecule has 0 aromatic rings. The lowest BCUT2D eigenvalue weighted by Gasteiger charge is -2.37. The Morgan fingerprint density at radius 1 is 1.03 bits per heavy atom. The van der Waals surface area contributed by atoms with E-state index in [1.54, 1.807) is 11.9 Å². The molecule has 0 bridgehead atoms. The maximum absolute atomic E-state index is 12.3. The van der Waals surface area contributed by atoms with Crippen LogP contribution in [0.1, 0.15) is 40.5 Å². The van der Waals surface area contributed by atoms with Gasteiger partial charge in [0, 0.05) is 52.9 Å². The van der Waals surface area contributed by atoms with E-state index in [4.69, 9.17) is 9.47 Å². The highest BCUT2D eigenvalue weighted by Crippen LogP contribution is 2.19. The molecule has 2 amide bonds. The van der Waals surface area contributed by atoms with E-state index in [1.165, 1.54) is 0 Å². The molecule has 2 saturated heterocycles. The van der Waals surface area contributed by atoms with Crippen molar-refractivity contribution in [1.29, 1.82) is 0 Å². The number of aliphatic imine (C=N–C) groups is 1. The van der Waals surface area contributed by atoms with E-state index in [0.717, 1.165) is 31.9 Å². The number of ether oxygens (including phenoxy) is 2. The summed E-state index contributed by atoms with van der Waals surface area (Å²) >= 11 is 0. The summed E-state index contributed by atoms with van der Waals surface area (Å²) in [6.45, 7) is 12.7. The van der Waals surface area contributed by atoms with Gasteiger partial charge in [-0.15, -0.1) is 24.0 Å². The molecule has 0 aromatic carbocycles. The van der Waals surface area contributed by atoms with Gasteiger partial charge in [0.05, 0.1) is 6.61 Å². The second kappa shape index (κ2) is 12.4. The van der Waals surface area contributed by atoms with Crippen LogP contribution in [-0.4, -0.2) is 97.9 Å². The monoisotopic (exact) mass is 539 g/mol. The molecule has 2 rings (SSSR count). The van der Waals surface area contributed by atoms with E-state index in [-0.39, 0.29) is 36.2 Å². The molecule has 2 heterocycles. The van der Waals surface area contributed by atoms with Gasteiger partial charge in [-0.3, -0.25) is 4.99 Å². The van der Waals surface area contributed by atoms with Crippen LogP contribution in [0.3, 0.4) is 0 Å². The molecule has 1 atom stereocenters. The molecule has 1 unspecified atom stereocenters. The highest BCUT2D eigenvalue weighted by molar-refractivity contribution is 14.0. The van der Waals surface area contributed by atoms with Gasteiger partial charge in [-0.25, -0.2) is 9.59 Å². The van der Waals surface area contributed by atoms with E-state index in [0.29, 0.717) is 45.2 Å². The minimum absolute atomic E-state index is 0. The number of hydrogen-bond donors (Lipinski definition) is 1. The van der Waals surface area contributed by atoms with Gasteiger partial charge in [0.2, 0.25) is 0 Å². The minimum Gasteiger partial charge on any atom is -0.450 e. The molecule has 0 radical (unpaired) electrons. The molecule has 30 heavy (non-hydrogen) atoms. The molecule has 174 valence electrons. The van der Waals surface area contributed by atoms with Crippen LogP contribution < -0.4 is 5.32 Å². The Morgan fingerprint density at radius 2 is 1.67 bits per heavy atom. The normalized spacial score (nSPS) is 20.4. The first kappa shape index (κ1) is 26.6. The lowest BCUT2D eigenvalue weighted by atomic mass is 9.98. The summed E-state index contributed by atoms with van der Waals surface area (Å²) in [4.78, 5) is 34.3. The maximum atomic E-state index is 12.3. The number of likely N-dealkylation sites (tertiary alicyclic amines) is 1. The molecular weight excluding hydrogens is 501 g/mol. The largest absolute Gasteiger partial charge is 0.450 e. The molecule has 0 saturated carbocycles. The quantitative estimate of drug-likeness (QED) is 0.337. The number of amides is 2. The summed E-state index contributed by atoms with van der Waals surface area (Å²) in [5, 5.41) is 3.45. The molecule has 2 fully saturated rings. The second-order valence-electron chi connectivity index (χ2n) is 8.54. The first-order chi connectivity index (χ1) is 13.7. The Hall–Kier alpha value is -1.46. The van der Waals surface area contributed by atoms with E-state index >= 15 is 0 Å². The van der Waals surface area contributed by atoms with Gasteiger partial charge in [0.25, 0.3) is 0 Å². The molecule has 0 spiro atoms. The zero-order valence-corrected chi connectivity index (χ0v) is 21.3. The maximum Gasteiger partial charge on any atom is 0.410 e. The Morgan fingerprint density at radius 3 is 2.23 bits per heavy atom. The average Bonchev–Trinajstić information content (AvgIpc) is 2.68. The van der Waals surface area contributed by atoms with Crippen molar-refractivity contribution < 1.29 is 19.1 Å². The lowest BCUT2D eigenvalue weighted by molar-refractivity contribution is 0.0168. The van der Waals surface area contributed by atoms with Crippen LogP contribution in [0, 0.1) is 5.92 Å². The van der Waals surface area contributed by atoms with Crippen molar-refractivity contribution >= 4 is 42.1 Å². The molecule has 1 N–H and O–H groups in total. The average molecular weight is 539 g/mol. The van der Waals surface area contributed by atoms with Crippen molar-refractivity contribution in [2.75, 3.05) is 59.5 Å². The molecule has 2 aliphatic rings. The molecular formula is C20H38IN5O4. The van der Waals surface area contributed by atoms with Crippen molar-refractivity contribution in [1.82, 2.24) is 20.0 Å². The van der Waals surface area contributed by atoms with Gasteiger partial charge in [0.1, 0.15) is 5.60 Å². The van der Waals surface area contributed by atoms with E-state index < -0.39 is 5.60 Å². The zero-order chi connectivity index (χ0) is 21.4. The fourth-order valence-corrected chi connectivity index (χ4v) is 3.61. The van der Waals surface area contributed by atoms with Crippen molar-refractivity contribution in [3.63, 3.8) is 0 Å². The van der Waals surface area contributed by atoms with Crippen molar-refractivity contribution in [2.24, 2.45) is 10.9 Å². The third kappa shape index (κ3) is 8.35. The van der Waals surface area contributed by atoms with Gasteiger partial charge in [-0.1, -0.05) is 0 Å². The Labute approximate surface area is 197 Å². The summed E-state index contributed by atoms with van der Waals surface area (Å²) in [7, 11) is 1.77. The molecule has 0 aromatic heterocycles. The number of nitrogens with one attached hydrogen (secondary N) is 1. The van der Waals surface area contributed by atoms with Crippen LogP contribution in [0.5, 0.6) is 0 Å². The predicted molar refractivity (Wildman–Crippen MR) is 127 cm³/mol. The molecule has 0 aliphatic carbocycles. The van der Waals surface area contributed by atoms with Crippen molar-refractivity contribution in [2.45, 2.75) is 46.1 Å². The third-order valence-electron chi connectivity index (χ3n) is 5.04. The Balaban J connectivity index is 0.00000450. The zero-order valence-electron chi connectivity index (χ0n) is 19.0. The summed E-state index contributed by atoms with van der Waals surface area (Å²) < 4.78 is 10.6. The van der Waals surface area contributed by atoms with Crippen LogP contribution in [0.25, 0.3) is 0 Å². The number of rotatable bonds is 3. The molecule has 9 nitrogen and oxygen atoms in total. The van der Waals surface area contributed by atoms with Gasteiger partial charge < -0.3 is 29.5 Å². The van der Waals surface area contributed by atoms with Crippen molar-refractivity contribution in [3.8, 4) is 0 Å². The number of piperidine rings is 1. The van der Waals surface area contributed by atoms with Gasteiger partial charge in [-0.05, 0) is 46.5 Å². The number of piperazine rings is 1. The standard InChI is InChI=1S/C20H37N5O4.HI/c1-6-28-18(26)24-12-10-23(11-13-24)17(21-5)22-14-16-8-7-9-25(15-16)19(27)29-20(2,3)4;/h16H,6-15H2,1-5H3,(H,21,22);1H. The van der Waals surface area contributed by atoms with Crippen LogP contribution in [0.15, 0.2) is 4.99 Å². The number of nitrogens with zero attached hydrogens (tertiary/aromatic N) is 4. The van der Waals surface area contributed by atoms with Gasteiger partial charge in [0.15, 0.2) is 5.96 Å². The van der Waals surface area contributed by atoms with Crippen LogP contribution in [-0.2, 0) is 9.47 Å². The number of halogens is 1. The third-order valence-corrected chi connectivity index (χ3v) is 5.04. The summed E-state index contributed by atoms with van der Waals surface area (Å²) in [5.41, 5.74) is -0.476. The smallest absolute Gasteiger partial charge is 0.410 e. The lowest BCUT2D eigenvalue weighted by Crippen LogP contribution is -2.54. The van der Waals surface area contributed by atoms with E-state index in [2.05, 4.69) is 15.2 Å². The molecule has 2 aliphatic heterocycles. The Kier molecular flexibility index (Phi) is 11.0. The second-order valence-corrected chi connectivity index (χ2v) is 8.54. The summed E-state index contributed by atoms with van der Waals surface area (Å²) in [6, 6.07) is 0. The van der Waals surface area contributed by atoms with E-state index in [1.807, 2.05) is 32.6 Å². The van der Waals surface area contributed by atoms with Crippen molar-refractivity contribution in [3.05, 3.63) is 0 Å². The first-order valence-electron chi connectivity index (χ1n) is 10.6.